The molecule has 0 bridgehead atoms. The molecule has 0 saturated heterocycles. The molecule has 0 aliphatic rings. The SMILES string of the molecule is C=C(NC(C)=NCC(=C)C(C)(C)C)Nc1ccc(NC(=C)c2cn3nc(C)ccc3n2)cc1CC. The Labute approximate surface area is 208 Å². The lowest BCUT2D eigenvalue weighted by atomic mass is 9.88. The third-order valence-electron chi connectivity index (χ3n) is 5.73. The third-order valence-corrected chi connectivity index (χ3v) is 5.73. The highest BCUT2D eigenvalue weighted by molar-refractivity contribution is 5.82. The molecular formula is C28H37N7. The average molecular weight is 472 g/mol. The van der Waals surface area contributed by atoms with Gasteiger partial charge in [-0.25, -0.2) is 9.50 Å². The van der Waals surface area contributed by atoms with Crippen LogP contribution in [0.25, 0.3) is 11.3 Å². The maximum Gasteiger partial charge on any atom is 0.154 e. The van der Waals surface area contributed by atoms with Gasteiger partial charge in [0.25, 0.3) is 0 Å². The molecule has 7 heteroatoms. The number of aryl methyl sites for hydroxylation is 2. The lowest BCUT2D eigenvalue weighted by Crippen LogP contribution is -2.25. The fourth-order valence-electron chi connectivity index (χ4n) is 3.35. The summed E-state index contributed by atoms with van der Waals surface area (Å²) in [6.07, 6.45) is 2.73. The fraction of sp³-hybridized carbons (Fsp3) is 0.321. The van der Waals surface area contributed by atoms with Gasteiger partial charge in [-0.1, -0.05) is 53.0 Å². The number of aliphatic imine (C=N–C) groups is 1. The van der Waals surface area contributed by atoms with Gasteiger partial charge in [-0.3, -0.25) is 4.99 Å². The number of hydrogen-bond donors (Lipinski definition) is 3. The van der Waals surface area contributed by atoms with Gasteiger partial charge in [0.2, 0.25) is 0 Å². The number of benzene rings is 1. The smallest absolute Gasteiger partial charge is 0.154 e. The van der Waals surface area contributed by atoms with Gasteiger partial charge in [0, 0.05) is 11.4 Å². The summed E-state index contributed by atoms with van der Waals surface area (Å²) in [4.78, 5) is 9.19. The second-order valence-corrected chi connectivity index (χ2v) is 9.72. The number of amidine groups is 1. The summed E-state index contributed by atoms with van der Waals surface area (Å²) in [5, 5.41) is 14.4. The molecule has 3 N–H and O–H groups in total. The summed E-state index contributed by atoms with van der Waals surface area (Å²) >= 11 is 0. The fourth-order valence-corrected chi connectivity index (χ4v) is 3.35. The number of aromatic nitrogens is 3. The van der Waals surface area contributed by atoms with Crippen LogP contribution in [0.15, 0.2) is 72.7 Å². The predicted molar refractivity (Wildman–Crippen MR) is 149 cm³/mol. The Morgan fingerprint density at radius 1 is 1.09 bits per heavy atom. The Morgan fingerprint density at radius 2 is 1.83 bits per heavy atom. The summed E-state index contributed by atoms with van der Waals surface area (Å²) < 4.78 is 1.77. The molecule has 2 aromatic heterocycles. The minimum Gasteiger partial charge on any atom is -0.354 e. The number of fused-ring (bicyclic) bond motifs is 1. The monoisotopic (exact) mass is 471 g/mol. The normalized spacial score (nSPS) is 11.9. The number of rotatable bonds is 9. The third kappa shape index (κ3) is 6.82. The van der Waals surface area contributed by atoms with Gasteiger partial charge < -0.3 is 16.0 Å². The number of hydrogen-bond acceptors (Lipinski definition) is 5. The zero-order valence-electron chi connectivity index (χ0n) is 21.8. The van der Waals surface area contributed by atoms with Crippen molar-refractivity contribution in [2.45, 2.75) is 48.0 Å². The van der Waals surface area contributed by atoms with Gasteiger partial charge in [-0.2, -0.15) is 5.10 Å². The van der Waals surface area contributed by atoms with Crippen LogP contribution in [-0.4, -0.2) is 27.0 Å². The van der Waals surface area contributed by atoms with E-state index in [9.17, 15) is 0 Å². The second-order valence-electron chi connectivity index (χ2n) is 9.72. The molecule has 0 saturated carbocycles. The number of nitrogens with one attached hydrogen (secondary N) is 3. The van der Waals surface area contributed by atoms with Crippen LogP contribution in [0.4, 0.5) is 11.4 Å². The second kappa shape index (κ2) is 10.6. The van der Waals surface area contributed by atoms with Crippen molar-refractivity contribution in [1.82, 2.24) is 19.9 Å². The van der Waals surface area contributed by atoms with Crippen LogP contribution in [0.5, 0.6) is 0 Å². The molecule has 1 aromatic carbocycles. The Morgan fingerprint density at radius 3 is 2.51 bits per heavy atom. The van der Waals surface area contributed by atoms with E-state index in [-0.39, 0.29) is 5.41 Å². The van der Waals surface area contributed by atoms with E-state index in [0.29, 0.717) is 18.1 Å². The van der Waals surface area contributed by atoms with Gasteiger partial charge in [0.1, 0.15) is 11.5 Å². The summed E-state index contributed by atoms with van der Waals surface area (Å²) in [5.41, 5.74) is 7.39. The predicted octanol–water partition coefficient (Wildman–Crippen LogP) is 6.18. The standard InChI is InChI=1S/C28H37N7/c1-10-23-15-24(30-20(4)26-17-35-27(33-26)14-11-19(3)34-35)12-13-25(23)32-22(6)31-21(5)29-16-18(2)28(7,8)9/h11-15,17,30,32H,2,4,6,10,16H2,1,3,5,7-9H3,(H,29,31). The first-order chi connectivity index (χ1) is 16.5. The number of anilines is 2. The van der Waals surface area contributed by atoms with E-state index < -0.39 is 0 Å². The molecule has 35 heavy (non-hydrogen) atoms. The molecule has 0 amide bonds. The molecule has 0 aliphatic heterocycles. The summed E-state index contributed by atoms with van der Waals surface area (Å²) in [7, 11) is 0. The first-order valence-electron chi connectivity index (χ1n) is 11.8. The van der Waals surface area contributed by atoms with Crippen molar-refractivity contribution in [3.63, 3.8) is 0 Å². The van der Waals surface area contributed by atoms with Crippen LogP contribution < -0.4 is 16.0 Å². The van der Waals surface area contributed by atoms with Crippen LogP contribution in [0.2, 0.25) is 0 Å². The molecule has 184 valence electrons. The van der Waals surface area contributed by atoms with Gasteiger partial charge in [-0.15, -0.1) is 0 Å². The van der Waals surface area contributed by atoms with E-state index in [2.05, 4.69) is 84.5 Å². The topological polar surface area (TPSA) is 78.6 Å². The Kier molecular flexibility index (Phi) is 7.79. The molecule has 0 radical (unpaired) electrons. The van der Waals surface area contributed by atoms with Gasteiger partial charge in [0.05, 0.1) is 30.0 Å². The maximum atomic E-state index is 4.61. The first kappa shape index (κ1) is 25.7. The minimum atomic E-state index is 0.0390. The molecule has 7 nitrogen and oxygen atoms in total. The van der Waals surface area contributed by atoms with Crippen LogP contribution in [0.3, 0.4) is 0 Å². The minimum absolute atomic E-state index is 0.0390. The molecule has 0 unspecified atom stereocenters. The van der Waals surface area contributed by atoms with Gasteiger partial charge >= 0.3 is 0 Å². The van der Waals surface area contributed by atoms with Crippen molar-refractivity contribution >= 4 is 28.6 Å². The zero-order chi connectivity index (χ0) is 25.8. The molecular weight excluding hydrogens is 434 g/mol. The van der Waals surface area contributed by atoms with Crippen molar-refractivity contribution in [3.8, 4) is 0 Å². The molecule has 0 spiro atoms. The van der Waals surface area contributed by atoms with Crippen molar-refractivity contribution in [2.24, 2.45) is 10.4 Å². The van der Waals surface area contributed by atoms with E-state index in [1.165, 1.54) is 0 Å². The highest BCUT2D eigenvalue weighted by Crippen LogP contribution is 2.25. The maximum absolute atomic E-state index is 4.61. The zero-order valence-corrected chi connectivity index (χ0v) is 21.8. The Hall–Kier alpha value is -3.87. The Bertz CT molecular complexity index is 1290. The summed E-state index contributed by atoms with van der Waals surface area (Å²) in [5.74, 6) is 1.46. The van der Waals surface area contributed by atoms with Gasteiger partial charge in [-0.05, 0) is 61.6 Å². The molecule has 3 rings (SSSR count). The highest BCUT2D eigenvalue weighted by atomic mass is 15.2. The van der Waals surface area contributed by atoms with E-state index in [1.54, 1.807) is 4.52 Å². The average Bonchev–Trinajstić information content (AvgIpc) is 3.21. The van der Waals surface area contributed by atoms with E-state index in [0.717, 1.165) is 51.8 Å². The van der Waals surface area contributed by atoms with E-state index in [4.69, 9.17) is 0 Å². The summed E-state index contributed by atoms with van der Waals surface area (Å²) in [6.45, 7) is 25.4. The molecule has 3 aromatic rings. The first-order valence-corrected chi connectivity index (χ1v) is 11.8. The van der Waals surface area contributed by atoms with Crippen LogP contribution in [-0.2, 0) is 6.42 Å². The number of nitrogens with zero attached hydrogens (tertiary/aromatic N) is 4. The van der Waals surface area contributed by atoms with Crippen LogP contribution >= 0.6 is 0 Å². The quantitative estimate of drug-likeness (QED) is 0.197. The lowest BCUT2D eigenvalue weighted by molar-refractivity contribution is 0.497. The van der Waals surface area contributed by atoms with Crippen molar-refractivity contribution in [3.05, 3.63) is 84.6 Å². The van der Waals surface area contributed by atoms with Gasteiger partial charge in [0.15, 0.2) is 5.65 Å². The molecule has 0 atom stereocenters. The largest absolute Gasteiger partial charge is 0.354 e. The highest BCUT2D eigenvalue weighted by Gasteiger charge is 2.14. The molecule has 2 heterocycles. The van der Waals surface area contributed by atoms with Crippen molar-refractivity contribution in [2.75, 3.05) is 17.2 Å². The van der Waals surface area contributed by atoms with Crippen LogP contribution in [0, 0.1) is 12.3 Å². The van der Waals surface area contributed by atoms with E-state index >= 15 is 0 Å². The Balaban J connectivity index is 1.64. The lowest BCUT2D eigenvalue weighted by Gasteiger charge is -2.20. The van der Waals surface area contributed by atoms with Crippen molar-refractivity contribution in [1.29, 1.82) is 0 Å². The molecule has 0 aliphatic carbocycles. The number of imidazole rings is 1. The van der Waals surface area contributed by atoms with Crippen molar-refractivity contribution < 1.29 is 0 Å². The summed E-state index contributed by atoms with van der Waals surface area (Å²) in [6, 6.07) is 10.0. The van der Waals surface area contributed by atoms with Crippen LogP contribution in [0.1, 0.15) is 51.6 Å². The molecule has 0 fully saturated rings. The van der Waals surface area contributed by atoms with E-state index in [1.807, 2.05) is 44.3 Å².